The number of likely N-dealkylation sites (tertiary alicyclic amines) is 1. The van der Waals surface area contributed by atoms with Crippen molar-refractivity contribution in [2.75, 3.05) is 20.2 Å². The summed E-state index contributed by atoms with van der Waals surface area (Å²) in [6.07, 6.45) is 8.58. The average Bonchev–Trinajstić information content (AvgIpc) is 3.17. The Labute approximate surface area is 181 Å². The molecule has 6 nitrogen and oxygen atoms in total. The Kier molecular flexibility index (Phi) is 7.38. The zero-order valence-electron chi connectivity index (χ0n) is 18.7. The fourth-order valence-electron chi connectivity index (χ4n) is 6.63. The van der Waals surface area contributed by atoms with Crippen molar-refractivity contribution in [2.24, 2.45) is 23.7 Å². The molecule has 3 aliphatic carbocycles. The third kappa shape index (κ3) is 4.87. The van der Waals surface area contributed by atoms with Crippen molar-refractivity contribution in [3.63, 3.8) is 0 Å². The van der Waals surface area contributed by atoms with E-state index in [1.54, 1.807) is 7.11 Å². The fourth-order valence-corrected chi connectivity index (χ4v) is 6.63. The number of aliphatic hydroxyl groups excluding tert-OH is 2. The highest BCUT2D eigenvalue weighted by Crippen LogP contribution is 2.40. The van der Waals surface area contributed by atoms with Crippen molar-refractivity contribution in [3.05, 3.63) is 0 Å². The number of hydrogen-bond acceptors (Lipinski definition) is 5. The van der Waals surface area contributed by atoms with Gasteiger partial charge in [0.15, 0.2) is 0 Å². The van der Waals surface area contributed by atoms with Gasteiger partial charge >= 0.3 is 0 Å². The van der Waals surface area contributed by atoms with Crippen molar-refractivity contribution in [2.45, 2.75) is 102 Å². The van der Waals surface area contributed by atoms with Crippen LogP contribution in [0.15, 0.2) is 0 Å². The Morgan fingerprint density at radius 3 is 2.43 bits per heavy atom. The largest absolute Gasteiger partial charge is 0.393 e. The average molecular weight is 424 g/mol. The van der Waals surface area contributed by atoms with Gasteiger partial charge in [0.05, 0.1) is 36.4 Å². The van der Waals surface area contributed by atoms with E-state index in [9.17, 15) is 15.0 Å². The summed E-state index contributed by atoms with van der Waals surface area (Å²) in [7, 11) is 1.78. The predicted octanol–water partition coefficient (Wildman–Crippen LogP) is 2.75. The Bertz CT molecular complexity index is 580. The van der Waals surface area contributed by atoms with Gasteiger partial charge in [-0.15, -0.1) is 0 Å². The summed E-state index contributed by atoms with van der Waals surface area (Å²) >= 11 is 0. The van der Waals surface area contributed by atoms with Gasteiger partial charge in [0.1, 0.15) is 0 Å². The summed E-state index contributed by atoms with van der Waals surface area (Å²) < 4.78 is 12.0. The second-order valence-electron chi connectivity index (χ2n) is 10.4. The number of rotatable bonds is 5. The standard InChI is InChI=1S/C24H41NO5/c1-15(16-6-4-3-5-7-16)30-22-12-19(26)11-21(27)23(22)24(28)25-13-17-8-9-20(29-2)10-18(17)14-25/h15-23,26-27H,3-14H2,1-2H3. The van der Waals surface area contributed by atoms with Crippen molar-refractivity contribution in [3.8, 4) is 0 Å². The van der Waals surface area contributed by atoms with Crippen molar-refractivity contribution >= 4 is 5.91 Å². The first-order valence-corrected chi connectivity index (χ1v) is 12.3. The zero-order valence-corrected chi connectivity index (χ0v) is 18.7. The molecule has 0 radical (unpaired) electrons. The van der Waals surface area contributed by atoms with Gasteiger partial charge in [-0.05, 0) is 56.8 Å². The lowest BCUT2D eigenvalue weighted by Crippen LogP contribution is -2.52. The second-order valence-corrected chi connectivity index (χ2v) is 10.4. The SMILES string of the molecule is COC1CCC2CN(C(=O)C3C(O)CC(O)CC3OC(C)C3CCCCC3)CC2C1. The highest BCUT2D eigenvalue weighted by Gasteiger charge is 2.47. The van der Waals surface area contributed by atoms with Gasteiger partial charge in [-0.1, -0.05) is 19.3 Å². The number of methoxy groups -OCH3 is 1. The first-order valence-electron chi connectivity index (χ1n) is 12.3. The molecule has 1 amide bonds. The minimum Gasteiger partial charge on any atom is -0.393 e. The van der Waals surface area contributed by atoms with Crippen LogP contribution in [0, 0.1) is 23.7 Å². The zero-order chi connectivity index (χ0) is 21.3. The molecule has 2 N–H and O–H groups in total. The van der Waals surface area contributed by atoms with E-state index in [-0.39, 0.29) is 18.4 Å². The van der Waals surface area contributed by atoms with Gasteiger partial charge in [-0.2, -0.15) is 0 Å². The van der Waals surface area contributed by atoms with E-state index in [1.807, 2.05) is 4.90 Å². The summed E-state index contributed by atoms with van der Waals surface area (Å²) in [5, 5.41) is 21.1. The molecule has 0 spiro atoms. The number of fused-ring (bicyclic) bond motifs is 1. The van der Waals surface area contributed by atoms with Crippen LogP contribution in [0.3, 0.4) is 0 Å². The van der Waals surface area contributed by atoms with E-state index in [0.29, 0.717) is 30.3 Å². The number of ether oxygens (including phenoxy) is 2. The van der Waals surface area contributed by atoms with Crippen LogP contribution in [0.4, 0.5) is 0 Å². The minimum atomic E-state index is -0.834. The van der Waals surface area contributed by atoms with E-state index >= 15 is 0 Å². The maximum absolute atomic E-state index is 13.6. The number of hydrogen-bond donors (Lipinski definition) is 2. The molecular formula is C24H41NO5. The van der Waals surface area contributed by atoms with E-state index in [2.05, 4.69) is 6.92 Å². The van der Waals surface area contributed by atoms with Gasteiger partial charge in [0.2, 0.25) is 5.91 Å². The topological polar surface area (TPSA) is 79.2 Å². The molecule has 30 heavy (non-hydrogen) atoms. The van der Waals surface area contributed by atoms with Gasteiger partial charge < -0.3 is 24.6 Å². The van der Waals surface area contributed by atoms with Gasteiger partial charge in [0, 0.05) is 33.0 Å². The number of amides is 1. The van der Waals surface area contributed by atoms with E-state index in [0.717, 1.165) is 32.4 Å². The normalized spacial score (nSPS) is 41.5. The second kappa shape index (κ2) is 9.85. The molecule has 0 aromatic rings. The number of nitrogens with zero attached hydrogens (tertiary/aromatic N) is 1. The molecule has 4 rings (SSSR count). The van der Waals surface area contributed by atoms with Crippen LogP contribution in [0.25, 0.3) is 0 Å². The summed E-state index contributed by atoms with van der Waals surface area (Å²) in [5.41, 5.74) is 0. The van der Waals surface area contributed by atoms with Crippen LogP contribution in [0.5, 0.6) is 0 Å². The Morgan fingerprint density at radius 1 is 0.967 bits per heavy atom. The quantitative estimate of drug-likeness (QED) is 0.711. The Morgan fingerprint density at radius 2 is 1.70 bits per heavy atom. The molecule has 1 heterocycles. The van der Waals surface area contributed by atoms with Crippen LogP contribution in [-0.4, -0.2) is 71.7 Å². The third-order valence-electron chi connectivity index (χ3n) is 8.47. The smallest absolute Gasteiger partial charge is 0.230 e. The fraction of sp³-hybridized carbons (Fsp3) is 0.958. The van der Waals surface area contributed by atoms with Crippen LogP contribution < -0.4 is 0 Å². The van der Waals surface area contributed by atoms with E-state index < -0.39 is 24.2 Å². The van der Waals surface area contributed by atoms with Crippen LogP contribution >= 0.6 is 0 Å². The van der Waals surface area contributed by atoms with E-state index in [1.165, 1.54) is 32.1 Å². The maximum Gasteiger partial charge on any atom is 0.230 e. The van der Waals surface area contributed by atoms with Crippen molar-refractivity contribution < 1.29 is 24.5 Å². The number of aliphatic hydroxyl groups is 2. The highest BCUT2D eigenvalue weighted by molar-refractivity contribution is 5.80. The highest BCUT2D eigenvalue weighted by atomic mass is 16.5. The molecular weight excluding hydrogens is 382 g/mol. The maximum atomic E-state index is 13.6. The van der Waals surface area contributed by atoms with Gasteiger partial charge in [-0.25, -0.2) is 0 Å². The molecule has 0 bridgehead atoms. The molecule has 0 aromatic heterocycles. The van der Waals surface area contributed by atoms with Crippen molar-refractivity contribution in [1.29, 1.82) is 0 Å². The molecule has 0 aromatic carbocycles. The summed E-state index contributed by atoms with van der Waals surface area (Å²) in [6.45, 7) is 3.66. The lowest BCUT2D eigenvalue weighted by molar-refractivity contribution is -0.166. The Hall–Kier alpha value is -0.690. The molecule has 8 unspecified atom stereocenters. The summed E-state index contributed by atoms with van der Waals surface area (Å²) in [5.74, 6) is 1.04. The molecule has 1 aliphatic heterocycles. The number of carbonyl (C=O) groups is 1. The van der Waals surface area contributed by atoms with Crippen LogP contribution in [0.1, 0.15) is 71.1 Å². The third-order valence-corrected chi connectivity index (χ3v) is 8.47. The molecule has 8 atom stereocenters. The van der Waals surface area contributed by atoms with Gasteiger partial charge in [0.25, 0.3) is 0 Å². The van der Waals surface area contributed by atoms with Crippen molar-refractivity contribution in [1.82, 2.24) is 4.90 Å². The first-order chi connectivity index (χ1) is 14.5. The lowest BCUT2D eigenvalue weighted by Gasteiger charge is -2.41. The van der Waals surface area contributed by atoms with Crippen LogP contribution in [0.2, 0.25) is 0 Å². The Balaban J connectivity index is 1.42. The van der Waals surface area contributed by atoms with E-state index in [4.69, 9.17) is 9.47 Å². The first kappa shape index (κ1) is 22.5. The number of carbonyl (C=O) groups excluding carboxylic acids is 1. The monoisotopic (exact) mass is 423 g/mol. The molecule has 4 aliphatic rings. The summed E-state index contributed by atoms with van der Waals surface area (Å²) in [4.78, 5) is 15.5. The minimum absolute atomic E-state index is 0.0265. The predicted molar refractivity (Wildman–Crippen MR) is 114 cm³/mol. The van der Waals surface area contributed by atoms with Gasteiger partial charge in [-0.3, -0.25) is 4.79 Å². The lowest BCUT2D eigenvalue weighted by atomic mass is 9.80. The molecule has 4 fully saturated rings. The molecule has 172 valence electrons. The molecule has 3 saturated carbocycles. The summed E-state index contributed by atoms with van der Waals surface area (Å²) in [6, 6.07) is 0. The molecule has 6 heteroatoms. The van der Waals surface area contributed by atoms with Crippen LogP contribution in [-0.2, 0) is 14.3 Å². The molecule has 1 saturated heterocycles.